The number of methoxy groups -OCH3 is 2. The summed E-state index contributed by atoms with van der Waals surface area (Å²) in [6, 6.07) is 12.7. The van der Waals surface area contributed by atoms with Crippen LogP contribution in [0.4, 0.5) is 0 Å². The summed E-state index contributed by atoms with van der Waals surface area (Å²) in [6.45, 7) is 1.82. The Kier molecular flexibility index (Phi) is 7.16. The average molecular weight is 379 g/mol. The molecule has 0 aliphatic carbocycles. The molecule has 132 valence electrons. The van der Waals surface area contributed by atoms with Crippen LogP contribution in [0.1, 0.15) is 12.5 Å². The van der Waals surface area contributed by atoms with E-state index in [0.29, 0.717) is 16.5 Å². The number of rotatable bonds is 7. The van der Waals surface area contributed by atoms with Crippen molar-refractivity contribution in [3.05, 3.63) is 53.1 Å². The first-order valence-corrected chi connectivity index (χ1v) is 8.76. The minimum atomic E-state index is -0.295. The third kappa shape index (κ3) is 5.69. The van der Waals surface area contributed by atoms with Gasteiger partial charge in [0.15, 0.2) is 0 Å². The summed E-state index contributed by atoms with van der Waals surface area (Å²) >= 11 is 7.29. The Morgan fingerprint density at radius 2 is 1.92 bits per heavy atom. The summed E-state index contributed by atoms with van der Waals surface area (Å²) in [5, 5.41) is 4.37. The second-order valence-electron chi connectivity index (χ2n) is 5.06. The summed E-state index contributed by atoms with van der Waals surface area (Å²) < 4.78 is 10.4. The maximum Gasteiger partial charge on any atom is 0.253 e. The number of thioether (sulfide) groups is 1. The van der Waals surface area contributed by atoms with Gasteiger partial charge in [-0.2, -0.15) is 5.10 Å². The largest absolute Gasteiger partial charge is 0.497 e. The highest BCUT2D eigenvalue weighted by molar-refractivity contribution is 8.00. The Balaban J connectivity index is 1.94. The first kappa shape index (κ1) is 19.1. The number of amides is 1. The predicted molar refractivity (Wildman–Crippen MR) is 102 cm³/mol. The molecule has 25 heavy (non-hydrogen) atoms. The number of hydrogen-bond donors (Lipinski definition) is 1. The molecule has 0 spiro atoms. The molecule has 1 atom stereocenters. The van der Waals surface area contributed by atoms with Crippen LogP contribution in [0.5, 0.6) is 11.5 Å². The van der Waals surface area contributed by atoms with Crippen molar-refractivity contribution in [2.24, 2.45) is 5.10 Å². The highest BCUT2D eigenvalue weighted by atomic mass is 35.5. The average Bonchev–Trinajstić information content (AvgIpc) is 2.63. The fourth-order valence-corrected chi connectivity index (χ4v) is 2.94. The van der Waals surface area contributed by atoms with Crippen molar-refractivity contribution in [2.75, 3.05) is 14.2 Å². The van der Waals surface area contributed by atoms with Gasteiger partial charge in [0.2, 0.25) is 0 Å². The lowest BCUT2D eigenvalue weighted by Gasteiger charge is -2.10. The second-order valence-corrected chi connectivity index (χ2v) is 6.91. The van der Waals surface area contributed by atoms with Gasteiger partial charge in [-0.05, 0) is 43.3 Å². The van der Waals surface area contributed by atoms with Crippen LogP contribution in [0.15, 0.2) is 52.5 Å². The van der Waals surface area contributed by atoms with Crippen molar-refractivity contribution in [3.8, 4) is 11.5 Å². The van der Waals surface area contributed by atoms with E-state index in [9.17, 15) is 4.79 Å². The van der Waals surface area contributed by atoms with Gasteiger partial charge in [-0.3, -0.25) is 4.79 Å². The van der Waals surface area contributed by atoms with Gasteiger partial charge in [0.1, 0.15) is 11.5 Å². The Morgan fingerprint density at radius 3 is 2.56 bits per heavy atom. The lowest BCUT2D eigenvalue weighted by molar-refractivity contribution is -0.120. The number of ether oxygens (including phenoxy) is 2. The lowest BCUT2D eigenvalue weighted by atomic mass is 10.2. The number of carbonyl (C=O) groups excluding carboxylic acids is 1. The first-order chi connectivity index (χ1) is 12.0. The third-order valence-electron chi connectivity index (χ3n) is 3.31. The molecule has 2 rings (SSSR count). The minimum absolute atomic E-state index is 0.191. The van der Waals surface area contributed by atoms with Crippen molar-refractivity contribution in [1.82, 2.24) is 5.43 Å². The summed E-state index contributed by atoms with van der Waals surface area (Å²) in [5.41, 5.74) is 3.28. The number of hydrazone groups is 1. The van der Waals surface area contributed by atoms with E-state index in [1.165, 1.54) is 18.0 Å². The number of carbonyl (C=O) groups is 1. The van der Waals surface area contributed by atoms with Gasteiger partial charge in [0.05, 0.1) is 25.7 Å². The smallest absolute Gasteiger partial charge is 0.253 e. The molecule has 2 aromatic carbocycles. The Bertz CT molecular complexity index is 750. The van der Waals surface area contributed by atoms with Crippen LogP contribution < -0.4 is 14.9 Å². The molecular formula is C18H19ClN2O3S. The van der Waals surface area contributed by atoms with E-state index in [4.69, 9.17) is 21.1 Å². The van der Waals surface area contributed by atoms with E-state index in [2.05, 4.69) is 10.5 Å². The molecule has 7 heteroatoms. The van der Waals surface area contributed by atoms with Crippen LogP contribution >= 0.6 is 23.4 Å². The Labute approximate surface area is 156 Å². The van der Waals surface area contributed by atoms with Gasteiger partial charge >= 0.3 is 0 Å². The molecule has 5 nitrogen and oxygen atoms in total. The van der Waals surface area contributed by atoms with Crippen LogP contribution in [0.3, 0.4) is 0 Å². The van der Waals surface area contributed by atoms with E-state index >= 15 is 0 Å². The number of hydrogen-bond acceptors (Lipinski definition) is 5. The van der Waals surface area contributed by atoms with E-state index in [1.54, 1.807) is 44.6 Å². The topological polar surface area (TPSA) is 59.9 Å². The van der Waals surface area contributed by atoms with Crippen molar-refractivity contribution >= 4 is 35.5 Å². The van der Waals surface area contributed by atoms with Crippen LogP contribution in [0, 0.1) is 0 Å². The number of halogens is 1. The number of nitrogens with zero attached hydrogens (tertiary/aromatic N) is 1. The second kappa shape index (κ2) is 9.34. The zero-order valence-corrected chi connectivity index (χ0v) is 15.7. The molecular weight excluding hydrogens is 360 g/mol. The highest BCUT2D eigenvalue weighted by Crippen LogP contribution is 2.25. The van der Waals surface area contributed by atoms with Crippen molar-refractivity contribution in [1.29, 1.82) is 0 Å². The molecule has 1 amide bonds. The normalized spacial score (nSPS) is 12.0. The van der Waals surface area contributed by atoms with Crippen LogP contribution in [-0.4, -0.2) is 31.6 Å². The lowest BCUT2D eigenvalue weighted by Crippen LogP contribution is -2.26. The molecule has 2 aromatic rings. The van der Waals surface area contributed by atoms with Gasteiger partial charge in [0.25, 0.3) is 5.91 Å². The van der Waals surface area contributed by atoms with Gasteiger partial charge in [0, 0.05) is 21.5 Å². The zero-order chi connectivity index (χ0) is 18.2. The molecule has 0 aliphatic rings. The summed E-state index contributed by atoms with van der Waals surface area (Å²) in [6.07, 6.45) is 1.54. The van der Waals surface area contributed by atoms with Crippen LogP contribution in [0.25, 0.3) is 0 Å². The SMILES string of the molecule is COc1ccc(/C=N/NC(=O)C(C)Sc2ccc(Cl)cc2)c(OC)c1. The molecule has 0 aromatic heterocycles. The fraction of sp³-hybridized carbons (Fsp3) is 0.222. The van der Waals surface area contributed by atoms with E-state index in [0.717, 1.165) is 10.5 Å². The van der Waals surface area contributed by atoms with E-state index in [1.807, 2.05) is 19.1 Å². The summed E-state index contributed by atoms with van der Waals surface area (Å²) in [4.78, 5) is 13.1. The molecule has 1 N–H and O–H groups in total. The molecule has 0 saturated carbocycles. The van der Waals surface area contributed by atoms with E-state index in [-0.39, 0.29) is 11.2 Å². The molecule has 0 saturated heterocycles. The maximum atomic E-state index is 12.1. The Morgan fingerprint density at radius 1 is 1.20 bits per heavy atom. The monoisotopic (exact) mass is 378 g/mol. The van der Waals surface area contributed by atoms with Gasteiger partial charge in [-0.15, -0.1) is 11.8 Å². The van der Waals surface area contributed by atoms with Crippen LogP contribution in [0.2, 0.25) is 5.02 Å². The molecule has 1 unspecified atom stereocenters. The van der Waals surface area contributed by atoms with Crippen LogP contribution in [-0.2, 0) is 4.79 Å². The molecule has 0 bridgehead atoms. The standard InChI is InChI=1S/C18H19ClN2O3S/c1-12(25-16-8-5-14(19)6-9-16)18(22)21-20-11-13-4-7-15(23-2)10-17(13)24-3/h4-12H,1-3H3,(H,21,22)/b20-11+. The van der Waals surface area contributed by atoms with Crippen molar-refractivity contribution in [3.63, 3.8) is 0 Å². The van der Waals surface area contributed by atoms with Crippen molar-refractivity contribution < 1.29 is 14.3 Å². The van der Waals surface area contributed by atoms with Gasteiger partial charge in [-0.25, -0.2) is 5.43 Å². The minimum Gasteiger partial charge on any atom is -0.497 e. The van der Waals surface area contributed by atoms with Gasteiger partial charge < -0.3 is 9.47 Å². The summed E-state index contributed by atoms with van der Waals surface area (Å²) in [5.74, 6) is 1.11. The van der Waals surface area contributed by atoms with E-state index < -0.39 is 0 Å². The molecule has 0 heterocycles. The quantitative estimate of drug-likeness (QED) is 0.449. The predicted octanol–water partition coefficient (Wildman–Crippen LogP) is 3.99. The highest BCUT2D eigenvalue weighted by Gasteiger charge is 2.13. The fourth-order valence-electron chi connectivity index (χ4n) is 1.95. The zero-order valence-electron chi connectivity index (χ0n) is 14.2. The maximum absolute atomic E-state index is 12.1. The molecule has 0 fully saturated rings. The third-order valence-corrected chi connectivity index (χ3v) is 4.68. The number of benzene rings is 2. The first-order valence-electron chi connectivity index (χ1n) is 7.50. The van der Waals surface area contributed by atoms with Crippen molar-refractivity contribution in [2.45, 2.75) is 17.1 Å². The molecule has 0 radical (unpaired) electrons. The number of nitrogens with one attached hydrogen (secondary N) is 1. The summed E-state index contributed by atoms with van der Waals surface area (Å²) in [7, 11) is 3.15. The van der Waals surface area contributed by atoms with Gasteiger partial charge in [-0.1, -0.05) is 11.6 Å². The Hall–Kier alpha value is -2.18. The molecule has 0 aliphatic heterocycles.